The van der Waals surface area contributed by atoms with Crippen LogP contribution in [0, 0.1) is 0 Å². The lowest BCUT2D eigenvalue weighted by molar-refractivity contribution is -0.117. The summed E-state index contributed by atoms with van der Waals surface area (Å²) < 4.78 is 0. The SMILES string of the molecule is CCCCCCCCN(CCCCC)CCCC(=O)Nc1ccc(Cc2ccc(NC(=O)CCCN(CCCCC)CCCCCCCC)cc2)cc1. The van der Waals surface area contributed by atoms with E-state index in [-0.39, 0.29) is 11.8 Å². The molecule has 0 atom stereocenters. The molecule has 53 heavy (non-hydrogen) atoms. The van der Waals surface area contributed by atoms with Crippen molar-refractivity contribution in [3.63, 3.8) is 0 Å². The predicted octanol–water partition coefficient (Wildman–Crippen LogP) is 12.4. The van der Waals surface area contributed by atoms with E-state index in [0.717, 1.165) is 69.9 Å². The third kappa shape index (κ3) is 24.4. The summed E-state index contributed by atoms with van der Waals surface area (Å²) in [6, 6.07) is 16.4. The number of carbonyl (C=O) groups is 2. The van der Waals surface area contributed by atoms with Crippen molar-refractivity contribution in [3.8, 4) is 0 Å². The summed E-state index contributed by atoms with van der Waals surface area (Å²) in [4.78, 5) is 30.7. The summed E-state index contributed by atoms with van der Waals surface area (Å²) in [6.45, 7) is 15.7. The van der Waals surface area contributed by atoms with Crippen LogP contribution >= 0.6 is 0 Å². The summed E-state index contributed by atoms with van der Waals surface area (Å²) in [6.07, 6.45) is 27.2. The monoisotopic (exact) mass is 733 g/mol. The van der Waals surface area contributed by atoms with Gasteiger partial charge in [-0.3, -0.25) is 9.59 Å². The van der Waals surface area contributed by atoms with Gasteiger partial charge in [0.1, 0.15) is 0 Å². The third-order valence-corrected chi connectivity index (χ3v) is 10.5. The number of carbonyl (C=O) groups excluding carboxylic acids is 2. The fraction of sp³-hybridized carbons (Fsp3) is 0.702. The Kier molecular flexibility index (Phi) is 27.7. The Morgan fingerprint density at radius 3 is 1.04 bits per heavy atom. The molecule has 2 aromatic rings. The molecule has 0 spiro atoms. The van der Waals surface area contributed by atoms with Gasteiger partial charge < -0.3 is 20.4 Å². The maximum atomic E-state index is 12.7. The number of amides is 2. The van der Waals surface area contributed by atoms with Gasteiger partial charge in [-0.2, -0.15) is 0 Å². The van der Waals surface area contributed by atoms with E-state index in [9.17, 15) is 9.59 Å². The number of benzene rings is 2. The molecule has 2 rings (SSSR count). The van der Waals surface area contributed by atoms with Crippen LogP contribution in [0.3, 0.4) is 0 Å². The van der Waals surface area contributed by atoms with Gasteiger partial charge in [-0.15, -0.1) is 0 Å². The highest BCUT2D eigenvalue weighted by atomic mass is 16.2. The van der Waals surface area contributed by atoms with Gasteiger partial charge in [0.25, 0.3) is 0 Å². The molecule has 0 saturated carbocycles. The number of anilines is 2. The Labute approximate surface area is 326 Å². The molecule has 0 saturated heterocycles. The van der Waals surface area contributed by atoms with E-state index in [2.05, 4.69) is 72.4 Å². The second-order valence-corrected chi connectivity index (χ2v) is 15.5. The zero-order valence-electron chi connectivity index (χ0n) is 34.8. The highest BCUT2D eigenvalue weighted by Gasteiger charge is 2.10. The molecule has 0 aliphatic carbocycles. The van der Waals surface area contributed by atoms with Gasteiger partial charge >= 0.3 is 0 Å². The Balaban J connectivity index is 1.70. The summed E-state index contributed by atoms with van der Waals surface area (Å²) in [5, 5.41) is 6.21. The first kappa shape index (κ1) is 46.5. The Bertz CT molecular complexity index is 1070. The minimum Gasteiger partial charge on any atom is -0.326 e. The molecule has 6 nitrogen and oxygen atoms in total. The molecule has 0 aliphatic rings. The molecule has 0 bridgehead atoms. The van der Waals surface area contributed by atoms with Crippen molar-refractivity contribution in [2.45, 2.75) is 175 Å². The molecule has 2 N–H and O–H groups in total. The van der Waals surface area contributed by atoms with E-state index >= 15 is 0 Å². The minimum atomic E-state index is 0.0981. The van der Waals surface area contributed by atoms with Gasteiger partial charge in [0.05, 0.1) is 0 Å². The predicted molar refractivity (Wildman–Crippen MR) is 230 cm³/mol. The average molecular weight is 733 g/mol. The molecule has 0 aromatic heterocycles. The van der Waals surface area contributed by atoms with Crippen LogP contribution in [0.4, 0.5) is 11.4 Å². The molecule has 0 unspecified atom stereocenters. The lowest BCUT2D eigenvalue weighted by Crippen LogP contribution is -2.28. The summed E-state index contributed by atoms with van der Waals surface area (Å²) in [5.41, 5.74) is 4.11. The van der Waals surface area contributed by atoms with Crippen LogP contribution in [0.1, 0.15) is 180 Å². The normalized spacial score (nSPS) is 11.4. The molecular weight excluding hydrogens is 653 g/mol. The van der Waals surface area contributed by atoms with Gasteiger partial charge in [0.15, 0.2) is 0 Å². The lowest BCUT2D eigenvalue weighted by atomic mass is 10.0. The van der Waals surface area contributed by atoms with E-state index in [1.807, 2.05) is 24.3 Å². The molecule has 0 aliphatic heterocycles. The lowest BCUT2D eigenvalue weighted by Gasteiger charge is -2.22. The van der Waals surface area contributed by atoms with Gasteiger partial charge in [-0.25, -0.2) is 0 Å². The number of rotatable bonds is 34. The van der Waals surface area contributed by atoms with Crippen LogP contribution in [-0.2, 0) is 16.0 Å². The second kappa shape index (κ2) is 31.6. The van der Waals surface area contributed by atoms with Crippen LogP contribution in [0.25, 0.3) is 0 Å². The van der Waals surface area contributed by atoms with Crippen LogP contribution in [0.2, 0.25) is 0 Å². The van der Waals surface area contributed by atoms with E-state index in [4.69, 9.17) is 0 Å². The van der Waals surface area contributed by atoms with Gasteiger partial charge in [0, 0.05) is 24.2 Å². The molecule has 2 amide bonds. The fourth-order valence-corrected chi connectivity index (χ4v) is 7.09. The molecule has 0 heterocycles. The van der Waals surface area contributed by atoms with Crippen LogP contribution < -0.4 is 10.6 Å². The van der Waals surface area contributed by atoms with Crippen LogP contribution in [0.15, 0.2) is 48.5 Å². The number of unbranched alkanes of at least 4 members (excludes halogenated alkanes) is 14. The maximum Gasteiger partial charge on any atom is 0.224 e. The number of hydrogen-bond donors (Lipinski definition) is 2. The molecular formula is C47H80N4O2. The first-order valence-corrected chi connectivity index (χ1v) is 22.2. The van der Waals surface area contributed by atoms with Crippen molar-refractivity contribution in [3.05, 3.63) is 59.7 Å². The Morgan fingerprint density at radius 2 is 0.679 bits per heavy atom. The number of nitrogens with zero attached hydrogens (tertiary/aromatic N) is 2. The summed E-state index contributed by atoms with van der Waals surface area (Å²) in [7, 11) is 0. The first-order chi connectivity index (χ1) is 26.0. The molecule has 6 heteroatoms. The largest absolute Gasteiger partial charge is 0.326 e. The second-order valence-electron chi connectivity index (χ2n) is 15.5. The van der Waals surface area contributed by atoms with Crippen molar-refractivity contribution < 1.29 is 9.59 Å². The smallest absolute Gasteiger partial charge is 0.224 e. The van der Waals surface area contributed by atoms with Gasteiger partial charge in [0.2, 0.25) is 11.8 Å². The first-order valence-electron chi connectivity index (χ1n) is 22.2. The topological polar surface area (TPSA) is 64.7 Å². The zero-order valence-corrected chi connectivity index (χ0v) is 34.8. The van der Waals surface area contributed by atoms with Crippen molar-refractivity contribution in [2.24, 2.45) is 0 Å². The van der Waals surface area contributed by atoms with E-state index in [1.54, 1.807) is 0 Å². The van der Waals surface area contributed by atoms with Crippen molar-refractivity contribution in [1.82, 2.24) is 9.80 Å². The Hall–Kier alpha value is -2.70. The van der Waals surface area contributed by atoms with Gasteiger partial charge in [-0.05, 0) is 120 Å². The zero-order chi connectivity index (χ0) is 38.2. The van der Waals surface area contributed by atoms with E-state index < -0.39 is 0 Å². The standard InChI is InChI=1S/C47H80N4O2/c1-5-9-13-15-17-21-37-50(35-19-11-7-3)39-23-25-46(52)48-44-31-27-42(28-32-44)41-43-29-33-45(34-30-43)49-47(53)26-24-40-51(36-20-12-8-4)38-22-18-16-14-10-6-2/h27-34H,5-26,35-41H2,1-4H3,(H,48,52)(H,49,53). The fourth-order valence-electron chi connectivity index (χ4n) is 7.09. The van der Waals surface area contributed by atoms with Crippen molar-refractivity contribution in [2.75, 3.05) is 49.9 Å². The highest BCUT2D eigenvalue weighted by molar-refractivity contribution is 5.91. The Morgan fingerprint density at radius 1 is 0.396 bits per heavy atom. The van der Waals surface area contributed by atoms with Crippen molar-refractivity contribution in [1.29, 1.82) is 0 Å². The van der Waals surface area contributed by atoms with Crippen LogP contribution in [-0.4, -0.2) is 60.9 Å². The third-order valence-electron chi connectivity index (χ3n) is 10.5. The number of nitrogens with one attached hydrogen (secondary N) is 2. The van der Waals surface area contributed by atoms with Crippen LogP contribution in [0.5, 0.6) is 0 Å². The highest BCUT2D eigenvalue weighted by Crippen LogP contribution is 2.17. The molecule has 300 valence electrons. The average Bonchev–Trinajstić information content (AvgIpc) is 3.15. The molecule has 0 fully saturated rings. The van der Waals surface area contributed by atoms with E-state index in [0.29, 0.717) is 12.8 Å². The minimum absolute atomic E-state index is 0.0981. The van der Waals surface area contributed by atoms with E-state index in [1.165, 1.54) is 127 Å². The maximum absolute atomic E-state index is 12.7. The summed E-state index contributed by atoms with van der Waals surface area (Å²) >= 11 is 0. The number of hydrogen-bond acceptors (Lipinski definition) is 4. The quantitative estimate of drug-likeness (QED) is 0.0703. The molecule has 2 aromatic carbocycles. The van der Waals surface area contributed by atoms with Gasteiger partial charge in [-0.1, -0.05) is 142 Å². The molecule has 0 radical (unpaired) electrons. The summed E-state index contributed by atoms with van der Waals surface area (Å²) in [5.74, 6) is 0.196. The van der Waals surface area contributed by atoms with Crippen molar-refractivity contribution >= 4 is 23.2 Å².